The molecule has 0 radical (unpaired) electrons. The van der Waals surface area contributed by atoms with Crippen molar-refractivity contribution < 1.29 is 9.53 Å². The van der Waals surface area contributed by atoms with Crippen molar-refractivity contribution in [2.75, 3.05) is 7.11 Å². The average molecular weight is 1440 g/mol. The third-order valence-corrected chi connectivity index (χ3v) is 40.0. The van der Waals surface area contributed by atoms with Gasteiger partial charge in [-0.15, -0.1) is 0 Å². The first-order chi connectivity index (χ1) is 55.8. The van der Waals surface area contributed by atoms with Gasteiger partial charge in [-0.2, -0.15) is 0 Å². The third kappa shape index (κ3) is 4.48. The van der Waals surface area contributed by atoms with E-state index in [1.165, 1.54) is 75.2 Å². The van der Waals surface area contributed by atoms with E-state index in [2.05, 4.69) is 141 Å². The van der Waals surface area contributed by atoms with Crippen molar-refractivity contribution in [3.63, 3.8) is 0 Å². The monoisotopic (exact) mass is 1440 g/mol. The Morgan fingerprint density at radius 2 is 1.05 bits per heavy atom. The lowest BCUT2D eigenvalue weighted by molar-refractivity contribution is -0.140. The number of hydrogen-bond acceptors (Lipinski definition) is 2. The molecule has 0 N–H and O–H groups in total. The second-order valence-corrected chi connectivity index (χ2v) is 41.9. The van der Waals surface area contributed by atoms with Gasteiger partial charge in [-0.3, -0.25) is 4.79 Å². The molecule has 13 unspecified atom stereocenters. The number of rotatable bonds is 5. The minimum Gasteiger partial charge on any atom is -0.469 e. The SMILES string of the molecule is COC(=O)CCCC1(c2ccccc2)C23C=C4CC5=CC6C=C7Cc8cc9cc%10c%11c(c%12c%13c%14c(c4c5c4c%14c5c(c7c8c7c9c%11c%13c57)C46)C%1221)C(=C3)C%10.C[C@@H]1C[C@H](C)C2C=CC=CC21.c1ccc2c(c1)[C@H]1C[C@@H]2C23c4c5c6c7c8ccc9c%10c%11c%12c%13c%14c%15c%16c(c%17c4c(c6c8%10)c%11c%14%17)C12C(CCC3C=5CC7)C=%16CCC=%15C%13CCC9%12. The van der Waals surface area contributed by atoms with Crippen LogP contribution in [0.3, 0.4) is 0 Å². The van der Waals surface area contributed by atoms with Crippen LogP contribution in [0.1, 0.15) is 233 Å². The van der Waals surface area contributed by atoms with Crippen molar-refractivity contribution >= 4 is 174 Å². The van der Waals surface area contributed by atoms with Crippen molar-refractivity contribution in [1.29, 1.82) is 0 Å². The summed E-state index contributed by atoms with van der Waals surface area (Å²) in [5, 5.41) is 46.0. The van der Waals surface area contributed by atoms with Crippen LogP contribution in [0.5, 0.6) is 0 Å². The Morgan fingerprint density at radius 3 is 1.82 bits per heavy atom. The van der Waals surface area contributed by atoms with E-state index in [1.54, 1.807) is 220 Å². The molecule has 0 heterocycles. The molecule has 40 rings (SSSR count). The molecule has 24 aliphatic rings. The predicted octanol–water partition coefficient (Wildman–Crippen LogP) is 23.0. The number of methoxy groups -OCH3 is 1. The molecule has 113 heavy (non-hydrogen) atoms. The molecule has 2 bridgehead atoms. The number of hydrogen-bond donors (Lipinski definition) is 0. The van der Waals surface area contributed by atoms with Gasteiger partial charge in [0.2, 0.25) is 0 Å². The fourth-order valence-corrected chi connectivity index (χ4v) is 38.6. The Hall–Kier alpha value is -10.2. The summed E-state index contributed by atoms with van der Waals surface area (Å²) in [5.41, 5.74) is 44.5. The second kappa shape index (κ2) is 15.8. The van der Waals surface area contributed by atoms with Crippen LogP contribution in [-0.4, -0.2) is 13.1 Å². The van der Waals surface area contributed by atoms with Gasteiger partial charge >= 0.3 is 5.97 Å². The van der Waals surface area contributed by atoms with Crippen LogP contribution in [0.15, 0.2) is 127 Å². The molecular weight excluding hydrogens is 1370 g/mol. The maximum Gasteiger partial charge on any atom is 0.305 e. The van der Waals surface area contributed by atoms with Gasteiger partial charge in [0.15, 0.2) is 0 Å². The minimum atomic E-state index is -0.193. The Morgan fingerprint density at radius 1 is 0.460 bits per heavy atom. The van der Waals surface area contributed by atoms with Crippen LogP contribution < -0.4 is 15.7 Å². The zero-order chi connectivity index (χ0) is 71.5. The second-order valence-electron chi connectivity index (χ2n) is 41.9. The van der Waals surface area contributed by atoms with Crippen LogP contribution in [-0.2, 0) is 50.5 Å². The van der Waals surface area contributed by atoms with E-state index in [4.69, 9.17) is 4.74 Å². The molecule has 0 aromatic heterocycles. The number of fused-ring (bicyclic) bond motifs is 6. The summed E-state index contributed by atoms with van der Waals surface area (Å²) in [6.07, 6.45) is 39.4. The van der Waals surface area contributed by atoms with Gasteiger partial charge in [0, 0.05) is 57.2 Å². The van der Waals surface area contributed by atoms with Gasteiger partial charge < -0.3 is 4.74 Å². The molecule has 530 valence electrons. The number of esters is 1. The van der Waals surface area contributed by atoms with E-state index in [9.17, 15) is 4.79 Å². The number of aryl methyl sites for hydroxylation is 1. The summed E-state index contributed by atoms with van der Waals surface area (Å²) in [5.74, 6) is 8.37. The highest BCUT2D eigenvalue weighted by Gasteiger charge is 2.90. The molecule has 16 aromatic rings. The van der Waals surface area contributed by atoms with E-state index in [1.807, 2.05) is 65.4 Å². The lowest BCUT2D eigenvalue weighted by atomic mass is 9.39. The van der Waals surface area contributed by atoms with Gasteiger partial charge in [0.05, 0.1) is 7.11 Å². The Labute approximate surface area is 650 Å². The Balaban J connectivity index is 0.0000000914. The fraction of sp³-hybridized carbons (Fsp3) is 0.324. The molecule has 24 aliphatic carbocycles. The highest BCUT2D eigenvalue weighted by Crippen LogP contribution is 2.94. The lowest BCUT2D eigenvalue weighted by Crippen LogP contribution is -2.62. The van der Waals surface area contributed by atoms with Crippen LogP contribution >= 0.6 is 0 Å². The van der Waals surface area contributed by atoms with E-state index in [0.29, 0.717) is 41.9 Å². The van der Waals surface area contributed by atoms with E-state index < -0.39 is 0 Å². The Kier molecular flexibility index (Phi) is 7.75. The largest absolute Gasteiger partial charge is 0.469 e. The topological polar surface area (TPSA) is 26.3 Å². The summed E-state index contributed by atoms with van der Waals surface area (Å²) < 4.78 is 5.27. The minimum absolute atomic E-state index is 0.0928. The van der Waals surface area contributed by atoms with Crippen LogP contribution in [0.2, 0.25) is 0 Å². The summed E-state index contributed by atoms with van der Waals surface area (Å²) in [6.45, 7) is 4.76. The molecule has 4 fully saturated rings. The average Bonchev–Trinajstić information content (AvgIpc) is 1.41. The summed E-state index contributed by atoms with van der Waals surface area (Å²) >= 11 is 0. The van der Waals surface area contributed by atoms with Crippen LogP contribution in [0.25, 0.3) is 168 Å². The molecule has 3 spiro atoms. The number of ether oxygens (including phenoxy) is 1. The van der Waals surface area contributed by atoms with Crippen molar-refractivity contribution in [1.82, 2.24) is 0 Å². The molecular formula is C111H74O2. The maximum atomic E-state index is 12.8. The third-order valence-electron chi connectivity index (χ3n) is 40.0. The molecule has 17 atom stereocenters. The van der Waals surface area contributed by atoms with Crippen molar-refractivity contribution in [3.05, 3.63) is 249 Å². The predicted molar refractivity (Wildman–Crippen MR) is 457 cm³/mol. The summed E-state index contributed by atoms with van der Waals surface area (Å²) in [7, 11) is 1.54. The molecule has 2 nitrogen and oxygen atoms in total. The normalized spacial score (nSPS) is 35.0. The standard InChI is InChI=1S/C51H28O2.C49H30.C11H16/c1-53-28(52)8-5-9-50(27-6-3-2-4-7-27)49-17-25-15-23-13-21-11-19-10-20-12-22-14-24-16-26(18-49)36-32(24)40-34(22)38-30(20)29(19)37-33(21)39-31(23)35(25)47-45-43(39)41(37)42(38)44(40)46(45)48(36)51(47,49)50;1-2-4-17-16(3-1)28-15-29(17)49-27-14-13-26-24-11-9-22-20-7-5-18-19-6-8-21-23-10-12-25(27)37-35(23)40-33(21)31(19)38-30(18)32(20)39-34(22)36(24)46(48(26,28)49)44-42(39)41(38)43(40)45(44)47(37)49;1-8-7-9(2)11-6-4-3-5-10(8)11/h2-4,6-7,11-14,17-18,21,33H,5,8-10,15-16H2,1H3;1-5,7,19,21,26-29H,6,8-15H2;3-6,8-11H,7H2,1-2H3/t;19?,21?,26?,27?,28-,29+,48?,49?;8-,9+,10?,11?/m.0./s1. The fourth-order valence-electron chi connectivity index (χ4n) is 38.6. The van der Waals surface area contributed by atoms with Gasteiger partial charge in [-0.25, -0.2) is 0 Å². The maximum absolute atomic E-state index is 12.8. The smallest absolute Gasteiger partial charge is 0.305 e. The first kappa shape index (κ1) is 55.3. The first-order valence-electron chi connectivity index (χ1n) is 44.7. The molecule has 0 aliphatic heterocycles. The quantitative estimate of drug-likeness (QED) is 0.127. The molecule has 4 saturated carbocycles. The zero-order valence-electron chi connectivity index (χ0n) is 63.7. The molecule has 0 amide bonds. The number of carbonyl (C=O) groups excluding carboxylic acids is 1. The van der Waals surface area contributed by atoms with Gasteiger partial charge in [-0.1, -0.05) is 158 Å². The molecule has 16 aromatic carbocycles. The highest BCUT2D eigenvalue weighted by atomic mass is 16.5. The van der Waals surface area contributed by atoms with Crippen LogP contribution in [0, 0.1) is 46.8 Å². The number of allylic oxidation sites excluding steroid dienone is 12. The van der Waals surface area contributed by atoms with Gasteiger partial charge in [-0.05, 0) is 417 Å². The molecule has 2 heteroatoms. The van der Waals surface area contributed by atoms with E-state index in [-0.39, 0.29) is 33.0 Å². The van der Waals surface area contributed by atoms with E-state index in [0.717, 1.165) is 67.6 Å². The first-order valence-corrected chi connectivity index (χ1v) is 44.7. The Bertz CT molecular complexity index is 8410. The zero-order valence-corrected chi connectivity index (χ0v) is 63.7. The summed E-state index contributed by atoms with van der Waals surface area (Å²) in [6, 6.07) is 32.2. The lowest BCUT2D eigenvalue weighted by Gasteiger charge is -2.63. The van der Waals surface area contributed by atoms with Crippen LogP contribution in [0.4, 0.5) is 0 Å². The number of benzene rings is 13. The highest BCUT2D eigenvalue weighted by molar-refractivity contribution is 6.55. The van der Waals surface area contributed by atoms with Gasteiger partial charge in [0.25, 0.3) is 0 Å². The van der Waals surface area contributed by atoms with Gasteiger partial charge in [0.1, 0.15) is 0 Å². The van der Waals surface area contributed by atoms with Crippen molar-refractivity contribution in [3.8, 4) is 0 Å². The summed E-state index contributed by atoms with van der Waals surface area (Å²) in [4.78, 5) is 12.8. The van der Waals surface area contributed by atoms with Crippen molar-refractivity contribution in [2.45, 2.75) is 168 Å². The van der Waals surface area contributed by atoms with Crippen molar-refractivity contribution in [2.24, 2.45) is 46.8 Å². The molecule has 0 saturated heterocycles. The van der Waals surface area contributed by atoms with E-state index >= 15 is 0 Å². The number of carbonyl (C=O) groups is 1.